The number of carbonyl (C=O) groups excluding carboxylic acids is 2. The minimum Gasteiger partial charge on any atom is -0.460 e. The van der Waals surface area contributed by atoms with Crippen molar-refractivity contribution in [3.63, 3.8) is 0 Å². The Balaban J connectivity index is 4.34. The zero-order valence-corrected chi connectivity index (χ0v) is 11.6. The van der Waals surface area contributed by atoms with Crippen LogP contribution in [0.4, 0.5) is 13.2 Å². The highest BCUT2D eigenvalue weighted by atomic mass is 19.4. The molecule has 0 unspecified atom stereocenters. The minimum absolute atomic E-state index is 0.225. The van der Waals surface area contributed by atoms with Gasteiger partial charge in [0.05, 0.1) is 6.42 Å². The summed E-state index contributed by atoms with van der Waals surface area (Å²) in [4.78, 5) is 23.0. The Morgan fingerprint density at radius 2 is 1.74 bits per heavy atom. The number of hydrogen-bond donors (Lipinski definition) is 1. The quantitative estimate of drug-likeness (QED) is 0.788. The van der Waals surface area contributed by atoms with Crippen molar-refractivity contribution in [3.05, 3.63) is 0 Å². The lowest BCUT2D eigenvalue weighted by Gasteiger charge is -2.21. The van der Waals surface area contributed by atoms with E-state index in [4.69, 9.17) is 4.74 Å². The standard InChI is InChI=1S/C12H20F3NO3/c1-5-8(6-9(17)19-11(2,3)4)10(18)16-7-12(13,14)15/h8H,5-7H2,1-4H3,(H,16,18)/t8-/m1/s1. The number of alkyl halides is 3. The summed E-state index contributed by atoms with van der Waals surface area (Å²) in [6, 6.07) is 0. The highest BCUT2D eigenvalue weighted by molar-refractivity contribution is 5.83. The lowest BCUT2D eigenvalue weighted by molar-refractivity contribution is -0.158. The molecule has 112 valence electrons. The SMILES string of the molecule is CC[C@H](CC(=O)OC(C)(C)C)C(=O)NCC(F)(F)F. The van der Waals surface area contributed by atoms with E-state index in [1.54, 1.807) is 33.0 Å². The number of carbonyl (C=O) groups is 2. The van der Waals surface area contributed by atoms with E-state index in [1.165, 1.54) is 0 Å². The molecule has 1 N–H and O–H groups in total. The van der Waals surface area contributed by atoms with Gasteiger partial charge in [-0.15, -0.1) is 0 Å². The molecule has 0 rings (SSSR count). The molecule has 0 bridgehead atoms. The van der Waals surface area contributed by atoms with Crippen LogP contribution in [0.3, 0.4) is 0 Å². The first kappa shape index (κ1) is 17.7. The lowest BCUT2D eigenvalue weighted by atomic mass is 10.0. The van der Waals surface area contributed by atoms with Crippen LogP contribution in [0.5, 0.6) is 0 Å². The predicted molar refractivity (Wildman–Crippen MR) is 63.3 cm³/mol. The smallest absolute Gasteiger partial charge is 0.405 e. The van der Waals surface area contributed by atoms with Crippen molar-refractivity contribution in [2.75, 3.05) is 6.54 Å². The molecule has 7 heteroatoms. The van der Waals surface area contributed by atoms with E-state index in [0.717, 1.165) is 0 Å². The van der Waals surface area contributed by atoms with Gasteiger partial charge in [-0.2, -0.15) is 13.2 Å². The molecule has 0 heterocycles. The van der Waals surface area contributed by atoms with Crippen molar-refractivity contribution in [2.24, 2.45) is 5.92 Å². The molecule has 0 aromatic heterocycles. The van der Waals surface area contributed by atoms with Gasteiger partial charge in [-0.3, -0.25) is 9.59 Å². The van der Waals surface area contributed by atoms with Gasteiger partial charge in [-0.1, -0.05) is 6.92 Å². The molecule has 0 radical (unpaired) electrons. The monoisotopic (exact) mass is 283 g/mol. The zero-order valence-electron chi connectivity index (χ0n) is 11.6. The number of halogens is 3. The van der Waals surface area contributed by atoms with Gasteiger partial charge in [0.25, 0.3) is 0 Å². The molecule has 0 aromatic carbocycles. The third kappa shape index (κ3) is 9.32. The Morgan fingerprint density at radius 1 is 1.21 bits per heavy atom. The largest absolute Gasteiger partial charge is 0.460 e. The van der Waals surface area contributed by atoms with Gasteiger partial charge in [0.2, 0.25) is 5.91 Å². The fourth-order valence-electron chi connectivity index (χ4n) is 1.34. The van der Waals surface area contributed by atoms with E-state index < -0.39 is 36.1 Å². The van der Waals surface area contributed by atoms with Gasteiger partial charge in [0.15, 0.2) is 0 Å². The number of nitrogens with one attached hydrogen (secondary N) is 1. The molecule has 0 saturated carbocycles. The Kier molecular flexibility index (Phi) is 6.32. The first-order valence-electron chi connectivity index (χ1n) is 6.01. The molecule has 0 spiro atoms. The van der Waals surface area contributed by atoms with Gasteiger partial charge >= 0.3 is 12.1 Å². The maximum Gasteiger partial charge on any atom is 0.405 e. The summed E-state index contributed by atoms with van der Waals surface area (Å²) in [6.07, 6.45) is -4.42. The molecular weight excluding hydrogens is 263 g/mol. The van der Waals surface area contributed by atoms with Gasteiger partial charge < -0.3 is 10.1 Å². The van der Waals surface area contributed by atoms with Crippen LogP contribution in [0.2, 0.25) is 0 Å². The van der Waals surface area contributed by atoms with E-state index in [9.17, 15) is 22.8 Å². The van der Waals surface area contributed by atoms with Crippen LogP contribution >= 0.6 is 0 Å². The van der Waals surface area contributed by atoms with Crippen molar-refractivity contribution in [1.29, 1.82) is 0 Å². The summed E-state index contributed by atoms with van der Waals surface area (Å²) in [5.41, 5.74) is -0.683. The van der Waals surface area contributed by atoms with Crippen LogP contribution in [0, 0.1) is 5.92 Å². The molecule has 0 aliphatic rings. The average molecular weight is 283 g/mol. The molecule has 4 nitrogen and oxygen atoms in total. The molecule has 19 heavy (non-hydrogen) atoms. The molecule has 0 saturated heterocycles. The van der Waals surface area contributed by atoms with E-state index >= 15 is 0 Å². The maximum absolute atomic E-state index is 12.0. The molecule has 0 aliphatic carbocycles. The lowest BCUT2D eigenvalue weighted by Crippen LogP contribution is -2.38. The number of hydrogen-bond acceptors (Lipinski definition) is 3. The number of ether oxygens (including phenoxy) is 1. The van der Waals surface area contributed by atoms with Crippen molar-refractivity contribution in [3.8, 4) is 0 Å². The van der Waals surface area contributed by atoms with Crippen molar-refractivity contribution in [1.82, 2.24) is 5.32 Å². The summed E-state index contributed by atoms with van der Waals surface area (Å²) in [5.74, 6) is -2.19. The number of amides is 1. The Labute approximate surface area is 110 Å². The summed E-state index contributed by atoms with van der Waals surface area (Å²) >= 11 is 0. The first-order valence-corrected chi connectivity index (χ1v) is 6.01. The molecule has 0 aromatic rings. The van der Waals surface area contributed by atoms with Crippen LogP contribution < -0.4 is 5.32 Å². The van der Waals surface area contributed by atoms with E-state index in [1.807, 2.05) is 0 Å². The molecule has 0 fully saturated rings. The van der Waals surface area contributed by atoms with Crippen LogP contribution in [-0.4, -0.2) is 30.2 Å². The van der Waals surface area contributed by atoms with E-state index in [0.29, 0.717) is 0 Å². The molecular formula is C12H20F3NO3. The van der Waals surface area contributed by atoms with Crippen LogP contribution in [0.25, 0.3) is 0 Å². The minimum atomic E-state index is -4.46. The van der Waals surface area contributed by atoms with Gasteiger partial charge in [-0.05, 0) is 27.2 Å². The van der Waals surface area contributed by atoms with E-state index in [-0.39, 0.29) is 12.8 Å². The van der Waals surface area contributed by atoms with Crippen molar-refractivity contribution in [2.45, 2.75) is 52.3 Å². The Morgan fingerprint density at radius 3 is 2.11 bits per heavy atom. The van der Waals surface area contributed by atoms with Gasteiger partial charge in [0.1, 0.15) is 12.1 Å². The average Bonchev–Trinajstić information content (AvgIpc) is 2.18. The summed E-state index contributed by atoms with van der Waals surface area (Å²) in [7, 11) is 0. The first-order chi connectivity index (χ1) is 8.44. The van der Waals surface area contributed by atoms with Crippen molar-refractivity contribution < 1.29 is 27.5 Å². The second-order valence-electron chi connectivity index (χ2n) is 5.23. The predicted octanol–water partition coefficient (Wildman–Crippen LogP) is 2.42. The summed E-state index contributed by atoms with van der Waals surface area (Å²) < 4.78 is 40.9. The van der Waals surface area contributed by atoms with Crippen LogP contribution in [-0.2, 0) is 14.3 Å². The fourth-order valence-corrected chi connectivity index (χ4v) is 1.34. The van der Waals surface area contributed by atoms with Gasteiger partial charge in [0, 0.05) is 5.92 Å². The van der Waals surface area contributed by atoms with Crippen LogP contribution in [0.1, 0.15) is 40.5 Å². The zero-order chi connectivity index (χ0) is 15.3. The highest BCUT2D eigenvalue weighted by Gasteiger charge is 2.30. The summed E-state index contributed by atoms with van der Waals surface area (Å²) in [5, 5.41) is 1.77. The third-order valence-electron chi connectivity index (χ3n) is 2.16. The molecule has 1 atom stereocenters. The number of rotatable bonds is 5. The second kappa shape index (κ2) is 6.77. The topological polar surface area (TPSA) is 55.4 Å². The van der Waals surface area contributed by atoms with E-state index in [2.05, 4.69) is 0 Å². The molecule has 1 amide bonds. The molecule has 0 aliphatic heterocycles. The summed E-state index contributed by atoms with van der Waals surface area (Å²) in [6.45, 7) is 5.26. The fraction of sp³-hybridized carbons (Fsp3) is 0.833. The highest BCUT2D eigenvalue weighted by Crippen LogP contribution is 2.16. The number of esters is 1. The van der Waals surface area contributed by atoms with Gasteiger partial charge in [-0.25, -0.2) is 0 Å². The van der Waals surface area contributed by atoms with Crippen LogP contribution in [0.15, 0.2) is 0 Å². The maximum atomic E-state index is 12.0. The van der Waals surface area contributed by atoms with Crippen molar-refractivity contribution >= 4 is 11.9 Å². The Hall–Kier alpha value is -1.27. The Bertz CT molecular complexity index is 321. The second-order valence-corrected chi connectivity index (χ2v) is 5.23. The third-order valence-corrected chi connectivity index (χ3v) is 2.16. The normalized spacial score (nSPS) is 13.8.